The summed E-state index contributed by atoms with van der Waals surface area (Å²) in [5.41, 5.74) is 0.215. The number of anilines is 1. The summed E-state index contributed by atoms with van der Waals surface area (Å²) in [6.45, 7) is 1.58. The number of amides is 2. The molecular weight excluding hydrogens is 452 g/mol. The van der Waals surface area contributed by atoms with E-state index < -0.39 is 32.0 Å². The van der Waals surface area contributed by atoms with Crippen molar-refractivity contribution in [2.24, 2.45) is 0 Å². The maximum atomic E-state index is 12.8. The third kappa shape index (κ3) is 6.67. The van der Waals surface area contributed by atoms with Crippen molar-refractivity contribution in [1.82, 2.24) is 14.3 Å². The molecular formula is C17H26N4O6S3. The SMILES string of the molecule is CCS(=O)(=O)NC(CCSC)C(=O)Nc1cccc(S(=O)(=O)N2CCNC(=O)C2)c1. The zero-order valence-corrected chi connectivity index (χ0v) is 19.2. The van der Waals surface area contributed by atoms with Crippen LogP contribution >= 0.6 is 11.8 Å². The Bertz CT molecular complexity index is 981. The van der Waals surface area contributed by atoms with E-state index in [0.29, 0.717) is 5.75 Å². The fourth-order valence-corrected chi connectivity index (χ4v) is 5.45. The van der Waals surface area contributed by atoms with E-state index in [1.165, 1.54) is 43.0 Å². The molecule has 1 saturated heterocycles. The molecule has 0 aromatic heterocycles. The van der Waals surface area contributed by atoms with Gasteiger partial charge in [0.1, 0.15) is 6.04 Å². The quantitative estimate of drug-likeness (QED) is 0.423. The molecule has 0 radical (unpaired) electrons. The van der Waals surface area contributed by atoms with Crippen LogP contribution in [0, 0.1) is 0 Å². The minimum Gasteiger partial charge on any atom is -0.354 e. The van der Waals surface area contributed by atoms with E-state index >= 15 is 0 Å². The van der Waals surface area contributed by atoms with Crippen molar-refractivity contribution in [3.63, 3.8) is 0 Å². The standard InChI is InChI=1S/C17H26N4O6S3/c1-3-29(24,25)20-15(7-10-28-2)17(23)19-13-5-4-6-14(11-13)30(26,27)21-9-8-18-16(22)12-21/h4-6,11,15,20H,3,7-10,12H2,1-2H3,(H,18,22)(H,19,23). The highest BCUT2D eigenvalue weighted by Gasteiger charge is 2.29. The van der Waals surface area contributed by atoms with E-state index in [1.807, 2.05) is 6.26 Å². The second kappa shape index (κ2) is 10.6. The third-order valence-corrected chi connectivity index (χ3v) is 8.26. The van der Waals surface area contributed by atoms with Crippen molar-refractivity contribution in [1.29, 1.82) is 0 Å². The molecule has 3 N–H and O–H groups in total. The van der Waals surface area contributed by atoms with Crippen LogP contribution in [0.1, 0.15) is 13.3 Å². The zero-order chi connectivity index (χ0) is 22.4. The molecule has 0 bridgehead atoms. The lowest BCUT2D eigenvalue weighted by molar-refractivity contribution is -0.122. The van der Waals surface area contributed by atoms with Gasteiger partial charge >= 0.3 is 0 Å². The predicted octanol–water partition coefficient (Wildman–Crippen LogP) is -0.193. The van der Waals surface area contributed by atoms with E-state index in [-0.39, 0.29) is 48.3 Å². The Balaban J connectivity index is 2.19. The van der Waals surface area contributed by atoms with Crippen LogP contribution in [0.25, 0.3) is 0 Å². The normalized spacial score (nSPS) is 16.7. The molecule has 0 aliphatic carbocycles. The fourth-order valence-electron chi connectivity index (χ4n) is 2.71. The lowest BCUT2D eigenvalue weighted by Gasteiger charge is -2.26. The van der Waals surface area contributed by atoms with Crippen LogP contribution in [0.4, 0.5) is 5.69 Å². The zero-order valence-electron chi connectivity index (χ0n) is 16.8. The molecule has 0 saturated carbocycles. The van der Waals surface area contributed by atoms with Gasteiger partial charge in [-0.3, -0.25) is 9.59 Å². The number of nitrogens with one attached hydrogen (secondary N) is 3. The Morgan fingerprint density at radius 3 is 2.67 bits per heavy atom. The van der Waals surface area contributed by atoms with Crippen molar-refractivity contribution in [2.75, 3.05) is 42.7 Å². The van der Waals surface area contributed by atoms with Crippen LogP contribution in [0.3, 0.4) is 0 Å². The van der Waals surface area contributed by atoms with E-state index in [2.05, 4.69) is 15.4 Å². The van der Waals surface area contributed by atoms with Gasteiger partial charge in [-0.1, -0.05) is 6.07 Å². The van der Waals surface area contributed by atoms with E-state index in [1.54, 1.807) is 0 Å². The van der Waals surface area contributed by atoms with Gasteiger partial charge in [-0.25, -0.2) is 21.6 Å². The van der Waals surface area contributed by atoms with Gasteiger partial charge in [-0.2, -0.15) is 16.1 Å². The predicted molar refractivity (Wildman–Crippen MR) is 116 cm³/mol. The molecule has 1 fully saturated rings. The largest absolute Gasteiger partial charge is 0.354 e. The average Bonchev–Trinajstić information content (AvgIpc) is 2.71. The molecule has 168 valence electrons. The summed E-state index contributed by atoms with van der Waals surface area (Å²) in [5, 5.41) is 5.15. The van der Waals surface area contributed by atoms with Gasteiger partial charge < -0.3 is 10.6 Å². The lowest BCUT2D eigenvalue weighted by Crippen LogP contribution is -2.49. The summed E-state index contributed by atoms with van der Waals surface area (Å²) >= 11 is 1.48. The minimum atomic E-state index is -3.91. The molecule has 1 heterocycles. The van der Waals surface area contributed by atoms with Crippen LogP contribution in [0.15, 0.2) is 29.2 Å². The summed E-state index contributed by atoms with van der Waals surface area (Å²) < 4.78 is 52.9. The first kappa shape index (κ1) is 24.6. The van der Waals surface area contributed by atoms with Gasteiger partial charge in [0.05, 0.1) is 17.2 Å². The Morgan fingerprint density at radius 1 is 1.30 bits per heavy atom. The number of benzene rings is 1. The number of rotatable bonds is 10. The van der Waals surface area contributed by atoms with Crippen LogP contribution < -0.4 is 15.4 Å². The summed E-state index contributed by atoms with van der Waals surface area (Å²) in [7, 11) is -7.51. The van der Waals surface area contributed by atoms with Crippen LogP contribution in [0.2, 0.25) is 0 Å². The first-order valence-corrected chi connectivity index (χ1v) is 13.7. The van der Waals surface area contributed by atoms with E-state index in [0.717, 1.165) is 4.31 Å². The summed E-state index contributed by atoms with van der Waals surface area (Å²) in [6, 6.07) is 4.68. The van der Waals surface area contributed by atoms with Gasteiger partial charge in [-0.05, 0) is 43.6 Å². The van der Waals surface area contributed by atoms with Gasteiger partial charge in [0.15, 0.2) is 0 Å². The number of carbonyl (C=O) groups excluding carboxylic acids is 2. The Kier molecular flexibility index (Phi) is 8.67. The molecule has 1 aliphatic rings. The molecule has 1 unspecified atom stereocenters. The number of sulfonamides is 2. The van der Waals surface area contributed by atoms with Crippen molar-refractivity contribution < 1.29 is 26.4 Å². The maximum absolute atomic E-state index is 12.8. The summed E-state index contributed by atoms with van der Waals surface area (Å²) in [4.78, 5) is 24.1. The Labute approximate surface area is 181 Å². The number of hydrogen-bond acceptors (Lipinski definition) is 7. The van der Waals surface area contributed by atoms with Crippen LogP contribution in [-0.4, -0.2) is 76.4 Å². The number of hydrogen-bond donors (Lipinski definition) is 3. The molecule has 1 aliphatic heterocycles. The van der Waals surface area contributed by atoms with Crippen LogP contribution in [-0.2, 0) is 29.6 Å². The second-order valence-corrected chi connectivity index (χ2v) is 11.5. The van der Waals surface area contributed by atoms with Gasteiger partial charge in [0, 0.05) is 18.8 Å². The molecule has 2 rings (SSSR count). The molecule has 2 amide bonds. The molecule has 0 spiro atoms. The smallest absolute Gasteiger partial charge is 0.243 e. The monoisotopic (exact) mass is 478 g/mol. The summed E-state index contributed by atoms with van der Waals surface area (Å²) in [6.07, 6.45) is 2.13. The second-order valence-electron chi connectivity index (χ2n) is 6.56. The lowest BCUT2D eigenvalue weighted by atomic mass is 10.2. The number of piperazine rings is 1. The number of thioether (sulfide) groups is 1. The minimum absolute atomic E-state index is 0.0650. The number of carbonyl (C=O) groups is 2. The van der Waals surface area contributed by atoms with Crippen molar-refractivity contribution in [3.8, 4) is 0 Å². The molecule has 30 heavy (non-hydrogen) atoms. The molecule has 13 heteroatoms. The fraction of sp³-hybridized carbons (Fsp3) is 0.529. The van der Waals surface area contributed by atoms with Crippen LogP contribution in [0.5, 0.6) is 0 Å². The molecule has 10 nitrogen and oxygen atoms in total. The third-order valence-electron chi connectivity index (χ3n) is 4.37. The Hall–Kier alpha value is -1.67. The van der Waals surface area contributed by atoms with Crippen molar-refractivity contribution in [2.45, 2.75) is 24.3 Å². The number of nitrogens with zero attached hydrogens (tertiary/aromatic N) is 1. The van der Waals surface area contributed by atoms with E-state index in [9.17, 15) is 26.4 Å². The highest BCUT2D eigenvalue weighted by Crippen LogP contribution is 2.20. The van der Waals surface area contributed by atoms with E-state index in [4.69, 9.17) is 0 Å². The van der Waals surface area contributed by atoms with Crippen molar-refractivity contribution >= 4 is 49.3 Å². The topological polar surface area (TPSA) is 142 Å². The Morgan fingerprint density at radius 2 is 2.03 bits per heavy atom. The van der Waals surface area contributed by atoms with Gasteiger partial charge in [0.2, 0.25) is 31.9 Å². The van der Waals surface area contributed by atoms with Gasteiger partial charge in [-0.15, -0.1) is 0 Å². The molecule has 1 aromatic rings. The first-order chi connectivity index (χ1) is 14.1. The maximum Gasteiger partial charge on any atom is 0.243 e. The van der Waals surface area contributed by atoms with Gasteiger partial charge in [0.25, 0.3) is 0 Å². The average molecular weight is 479 g/mol. The summed E-state index contributed by atoms with van der Waals surface area (Å²) in [5.74, 6) is -0.551. The molecule has 1 atom stereocenters. The molecule has 1 aromatic carbocycles. The highest BCUT2D eigenvalue weighted by atomic mass is 32.2. The highest BCUT2D eigenvalue weighted by molar-refractivity contribution is 7.98. The first-order valence-electron chi connectivity index (χ1n) is 9.25. The van der Waals surface area contributed by atoms with Crippen molar-refractivity contribution in [3.05, 3.63) is 24.3 Å².